The summed E-state index contributed by atoms with van der Waals surface area (Å²) in [5.74, 6) is 0. The van der Waals surface area contributed by atoms with Gasteiger partial charge in [-0.15, -0.1) is 0 Å². The lowest BCUT2D eigenvalue weighted by molar-refractivity contribution is 0.606. The van der Waals surface area contributed by atoms with Gasteiger partial charge in [0.25, 0.3) is 0 Å². The first-order chi connectivity index (χ1) is 3.77. The summed E-state index contributed by atoms with van der Waals surface area (Å²) in [6, 6.07) is 0. The van der Waals surface area contributed by atoms with Crippen molar-refractivity contribution in [2.24, 2.45) is 0 Å². The van der Waals surface area contributed by atoms with E-state index in [1.807, 2.05) is 11.8 Å². The van der Waals surface area contributed by atoms with Crippen LogP contribution in [-0.2, 0) is 0 Å². The smallest absolute Gasteiger partial charge is 0.208 e. The number of rotatable bonds is 3. The Labute approximate surface area is 55.4 Å². The first-order valence-corrected chi connectivity index (χ1v) is 5.74. The topological polar surface area (TPSA) is 20.2 Å². The highest BCUT2D eigenvalue weighted by Gasteiger charge is 1.87. The Morgan fingerprint density at radius 2 is 2.38 bits per heavy atom. The van der Waals surface area contributed by atoms with Crippen LogP contribution in [0.1, 0.15) is 19.8 Å². The molecule has 0 aromatic rings. The molecule has 0 aromatic heterocycles. The number of hydrogen-bond acceptors (Lipinski definition) is 1. The lowest BCUT2D eigenvalue weighted by Crippen LogP contribution is -2.06. The van der Waals surface area contributed by atoms with Gasteiger partial charge in [0.2, 0.25) is 8.56 Å². The van der Waals surface area contributed by atoms with Gasteiger partial charge in [0.15, 0.2) is 0 Å². The van der Waals surface area contributed by atoms with Crippen LogP contribution >= 0.6 is 0 Å². The number of hydrogen-bond donors (Lipinski definition) is 1. The zero-order chi connectivity index (χ0) is 6.41. The van der Waals surface area contributed by atoms with Gasteiger partial charge in [0, 0.05) is 0 Å². The molecule has 0 rings (SSSR count). The monoisotopic (exact) mass is 142 g/mol. The zero-order valence-electron chi connectivity index (χ0n) is 5.02. The Morgan fingerprint density at radius 3 is 2.75 bits per heavy atom. The lowest BCUT2D eigenvalue weighted by atomic mass is 10.3. The predicted octanol–water partition coefficient (Wildman–Crippen LogP) is 0.531. The minimum Gasteiger partial charge on any atom is -0.431 e. The average Bonchev–Trinajstić information content (AvgIpc) is 1.66. The highest BCUT2D eigenvalue weighted by Crippen LogP contribution is 1.87. The van der Waals surface area contributed by atoms with Crippen molar-refractivity contribution in [1.29, 1.82) is 0 Å². The minimum atomic E-state index is -1.28. The Hall–Kier alpha value is 0.134. The maximum atomic E-state index is 8.71. The molecule has 0 saturated heterocycles. The predicted molar refractivity (Wildman–Crippen MR) is 37.8 cm³/mol. The second kappa shape index (κ2) is 5.27. The van der Waals surface area contributed by atoms with Crippen molar-refractivity contribution in [3.05, 3.63) is 11.8 Å². The van der Waals surface area contributed by atoms with Crippen molar-refractivity contribution in [2.45, 2.75) is 19.8 Å². The van der Waals surface area contributed by atoms with Crippen LogP contribution in [0.2, 0.25) is 0 Å². The van der Waals surface area contributed by atoms with Crippen molar-refractivity contribution < 1.29 is 4.80 Å². The fourth-order valence-corrected chi connectivity index (χ4v) is 1.11. The van der Waals surface area contributed by atoms with E-state index in [9.17, 15) is 0 Å². The SMILES string of the molecule is CCCC=C[Si](O)[Si]. The van der Waals surface area contributed by atoms with E-state index in [2.05, 4.69) is 16.7 Å². The number of allylic oxidation sites excluding steroid dienone is 1. The van der Waals surface area contributed by atoms with E-state index in [-0.39, 0.29) is 0 Å². The minimum absolute atomic E-state index is 1.07. The highest BCUT2D eigenvalue weighted by atomic mass is 29.2. The fourth-order valence-electron chi connectivity index (χ4n) is 0.362. The van der Waals surface area contributed by atoms with E-state index >= 15 is 0 Å². The molecule has 8 heavy (non-hydrogen) atoms. The molecule has 0 bridgehead atoms. The molecule has 0 amide bonds. The van der Waals surface area contributed by atoms with Crippen molar-refractivity contribution in [2.75, 3.05) is 0 Å². The summed E-state index contributed by atoms with van der Waals surface area (Å²) in [4.78, 5) is 8.71. The van der Waals surface area contributed by atoms with Crippen LogP contribution in [0, 0.1) is 0 Å². The third kappa shape index (κ3) is 6.13. The van der Waals surface area contributed by atoms with Crippen LogP contribution in [0.15, 0.2) is 11.8 Å². The molecule has 1 nitrogen and oxygen atoms in total. The average molecular weight is 142 g/mol. The molecule has 0 unspecified atom stereocenters. The van der Waals surface area contributed by atoms with Gasteiger partial charge in [0.1, 0.15) is 0 Å². The standard InChI is InChI=1S/C5H10OSi2/c1-2-3-4-5-8(6)7/h4-6H,2-3H2,1H3. The molecule has 0 spiro atoms. The van der Waals surface area contributed by atoms with E-state index in [1.54, 1.807) is 0 Å². The molecule has 0 aromatic carbocycles. The summed E-state index contributed by atoms with van der Waals surface area (Å²) in [7, 11) is 1.84. The molecule has 3 heteroatoms. The largest absolute Gasteiger partial charge is 0.431 e. The van der Waals surface area contributed by atoms with Gasteiger partial charge in [-0.25, -0.2) is 0 Å². The van der Waals surface area contributed by atoms with Crippen LogP contribution in [-0.4, -0.2) is 23.1 Å². The summed E-state index contributed by atoms with van der Waals surface area (Å²) in [6.45, 7) is 2.11. The summed E-state index contributed by atoms with van der Waals surface area (Å²) >= 11 is 0. The third-order valence-corrected chi connectivity index (χ3v) is 1.78. The molecule has 4 radical (unpaired) electrons. The van der Waals surface area contributed by atoms with Crippen LogP contribution in [0.5, 0.6) is 0 Å². The summed E-state index contributed by atoms with van der Waals surface area (Å²) in [5, 5.41) is 0. The highest BCUT2D eigenvalue weighted by molar-refractivity contribution is 7.01. The fraction of sp³-hybridized carbons (Fsp3) is 0.600. The van der Waals surface area contributed by atoms with E-state index in [0.29, 0.717) is 0 Å². The number of unbranched alkanes of at least 4 members (excludes halogenated alkanes) is 1. The van der Waals surface area contributed by atoms with Crippen LogP contribution < -0.4 is 0 Å². The summed E-state index contributed by atoms with van der Waals surface area (Å²) in [6.07, 6.45) is 4.22. The van der Waals surface area contributed by atoms with Gasteiger partial charge in [-0.2, -0.15) is 0 Å². The van der Waals surface area contributed by atoms with Crippen molar-refractivity contribution >= 4 is 18.3 Å². The van der Waals surface area contributed by atoms with Gasteiger partial charge in [-0.05, 0) is 6.42 Å². The van der Waals surface area contributed by atoms with E-state index in [0.717, 1.165) is 12.8 Å². The summed E-state index contributed by atoms with van der Waals surface area (Å²) < 4.78 is 0. The van der Waals surface area contributed by atoms with Crippen LogP contribution in [0.4, 0.5) is 0 Å². The zero-order valence-corrected chi connectivity index (χ0v) is 7.02. The van der Waals surface area contributed by atoms with Crippen LogP contribution in [0.25, 0.3) is 0 Å². The molecular weight excluding hydrogens is 132 g/mol. The Kier molecular flexibility index (Phi) is 5.36. The van der Waals surface area contributed by atoms with Crippen molar-refractivity contribution in [1.82, 2.24) is 0 Å². The van der Waals surface area contributed by atoms with Gasteiger partial charge in [0.05, 0.1) is 9.76 Å². The molecule has 1 N–H and O–H groups in total. The molecular formula is C5H10OSi2. The first kappa shape index (κ1) is 8.13. The maximum absolute atomic E-state index is 8.71. The molecule has 0 atom stereocenters. The van der Waals surface area contributed by atoms with E-state index in [1.165, 1.54) is 0 Å². The molecule has 0 fully saturated rings. The Morgan fingerprint density at radius 1 is 1.75 bits per heavy atom. The maximum Gasteiger partial charge on any atom is 0.208 e. The second-order valence-electron chi connectivity index (χ2n) is 1.58. The molecule has 0 aliphatic carbocycles. The molecule has 44 valence electrons. The quantitative estimate of drug-likeness (QED) is 0.570. The van der Waals surface area contributed by atoms with Crippen LogP contribution in [0.3, 0.4) is 0 Å². The normalized spacial score (nSPS) is 11.5. The van der Waals surface area contributed by atoms with Crippen molar-refractivity contribution in [3.8, 4) is 0 Å². The Bertz CT molecular complexity index is 70.8. The van der Waals surface area contributed by atoms with Gasteiger partial charge in [-0.1, -0.05) is 25.1 Å². The molecule has 0 saturated carbocycles. The molecule has 0 heterocycles. The first-order valence-electron chi connectivity index (χ1n) is 2.71. The molecule has 0 aliphatic heterocycles. The second-order valence-corrected chi connectivity index (χ2v) is 4.22. The van der Waals surface area contributed by atoms with E-state index < -0.39 is 8.56 Å². The Balaban J connectivity index is 3.07. The van der Waals surface area contributed by atoms with Gasteiger partial charge < -0.3 is 4.80 Å². The van der Waals surface area contributed by atoms with E-state index in [4.69, 9.17) is 4.80 Å². The lowest BCUT2D eigenvalue weighted by Gasteiger charge is -1.86. The summed E-state index contributed by atoms with van der Waals surface area (Å²) in [5.41, 5.74) is 1.82. The van der Waals surface area contributed by atoms with Gasteiger partial charge in [-0.3, -0.25) is 0 Å². The third-order valence-electron chi connectivity index (χ3n) is 0.731. The van der Waals surface area contributed by atoms with Gasteiger partial charge >= 0.3 is 0 Å². The van der Waals surface area contributed by atoms with Crippen molar-refractivity contribution in [3.63, 3.8) is 0 Å². The molecule has 0 aliphatic rings.